The van der Waals surface area contributed by atoms with E-state index in [2.05, 4.69) is 31.4 Å². The van der Waals surface area contributed by atoms with E-state index in [4.69, 9.17) is 1.37 Å². The molecule has 0 spiro atoms. The van der Waals surface area contributed by atoms with Gasteiger partial charge in [0.1, 0.15) is 0 Å². The van der Waals surface area contributed by atoms with Gasteiger partial charge < -0.3 is 0 Å². The molecular formula is C11H20Si. The van der Waals surface area contributed by atoms with Crippen molar-refractivity contribution in [3.05, 3.63) is 23.4 Å². The number of allylic oxidation sites excluding steroid dienone is 3. The van der Waals surface area contributed by atoms with E-state index in [1.165, 1.54) is 24.8 Å². The minimum Gasteiger partial charge on any atom is -0.0947 e. The van der Waals surface area contributed by atoms with Crippen LogP contribution < -0.4 is 0 Å². The molecule has 0 saturated carbocycles. The quantitative estimate of drug-likeness (QED) is 0.566. The van der Waals surface area contributed by atoms with Crippen molar-refractivity contribution in [1.29, 1.82) is 0 Å². The van der Waals surface area contributed by atoms with Gasteiger partial charge in [0.05, 0.1) is 9.44 Å². The molecule has 0 amide bonds. The molecule has 1 aliphatic carbocycles. The van der Waals surface area contributed by atoms with Crippen molar-refractivity contribution >= 4 is 8.07 Å². The Bertz CT molecular complexity index is 233. The lowest BCUT2D eigenvalue weighted by atomic mass is 10.00. The fourth-order valence-corrected chi connectivity index (χ4v) is 1.90. The molecule has 0 aromatic rings. The van der Waals surface area contributed by atoms with E-state index in [0.29, 0.717) is 0 Å². The third kappa shape index (κ3) is 3.91. The van der Waals surface area contributed by atoms with Crippen molar-refractivity contribution in [3.63, 3.8) is 0 Å². The fourth-order valence-electron chi connectivity index (χ4n) is 1.28. The zero-order valence-corrected chi connectivity index (χ0v) is 9.48. The van der Waals surface area contributed by atoms with E-state index in [9.17, 15) is 0 Å². The first kappa shape index (κ1) is 8.30. The SMILES string of the molecule is [2H]/C(=C\[Si](C)(C)C)C1=CCCCC1. The largest absolute Gasteiger partial charge is 0.0947 e. The lowest BCUT2D eigenvalue weighted by molar-refractivity contribution is 0.712. The Kier molecular flexibility index (Phi) is 2.82. The molecule has 0 N–H and O–H groups in total. The molecule has 0 aromatic heterocycles. The first-order chi connectivity index (χ1) is 5.99. The average Bonchev–Trinajstić information content (AvgIpc) is 2.03. The monoisotopic (exact) mass is 181 g/mol. The van der Waals surface area contributed by atoms with Crippen LogP contribution in [0, 0.1) is 0 Å². The van der Waals surface area contributed by atoms with Crippen LogP contribution in [0.5, 0.6) is 0 Å². The smallest absolute Gasteiger partial charge is 0.0687 e. The Morgan fingerprint density at radius 3 is 2.67 bits per heavy atom. The van der Waals surface area contributed by atoms with Crippen LogP contribution in [0.2, 0.25) is 19.6 Å². The fraction of sp³-hybridized carbons (Fsp3) is 0.636. The van der Waals surface area contributed by atoms with Crippen molar-refractivity contribution in [2.45, 2.75) is 45.3 Å². The Hall–Kier alpha value is -0.303. The molecule has 0 unspecified atom stereocenters. The first-order valence-electron chi connectivity index (χ1n) is 5.38. The number of rotatable bonds is 2. The van der Waals surface area contributed by atoms with Gasteiger partial charge in [0.15, 0.2) is 0 Å². The average molecular weight is 181 g/mol. The second-order valence-electron chi connectivity index (χ2n) is 4.63. The normalized spacial score (nSPS) is 21.8. The molecule has 0 fully saturated rings. The third-order valence-corrected chi connectivity index (χ3v) is 2.99. The molecule has 68 valence electrons. The van der Waals surface area contributed by atoms with Gasteiger partial charge in [0.25, 0.3) is 0 Å². The predicted octanol–water partition coefficient (Wildman–Crippen LogP) is 3.92. The maximum absolute atomic E-state index is 7.95. The van der Waals surface area contributed by atoms with Gasteiger partial charge in [-0.15, -0.1) is 0 Å². The summed E-state index contributed by atoms with van der Waals surface area (Å²) in [7, 11) is -1.19. The summed E-state index contributed by atoms with van der Waals surface area (Å²) in [6.45, 7) is 6.85. The third-order valence-electron chi connectivity index (χ3n) is 1.98. The Balaban J connectivity index is 2.71. The second-order valence-corrected chi connectivity index (χ2v) is 9.65. The Labute approximate surface area is 78.8 Å². The summed E-state index contributed by atoms with van der Waals surface area (Å²) in [4.78, 5) is 0. The van der Waals surface area contributed by atoms with Crippen LogP contribution in [0.4, 0.5) is 0 Å². The molecule has 12 heavy (non-hydrogen) atoms. The van der Waals surface area contributed by atoms with Crippen LogP contribution in [0.3, 0.4) is 0 Å². The van der Waals surface area contributed by atoms with Gasteiger partial charge in [0, 0.05) is 0 Å². The summed E-state index contributed by atoms with van der Waals surface area (Å²) in [5.74, 6) is 0. The van der Waals surface area contributed by atoms with E-state index < -0.39 is 8.07 Å². The van der Waals surface area contributed by atoms with Gasteiger partial charge >= 0.3 is 0 Å². The minimum atomic E-state index is -1.19. The zero-order valence-electron chi connectivity index (χ0n) is 9.48. The van der Waals surface area contributed by atoms with E-state index >= 15 is 0 Å². The molecule has 1 heteroatoms. The maximum Gasteiger partial charge on any atom is 0.0687 e. The molecule has 0 atom stereocenters. The standard InChI is InChI=1S/C11H20Si/c1-12(2,3)10-9-11-7-5-4-6-8-11/h7,9-10H,4-6,8H2,1-3H3/b10-9+/i9D. The Morgan fingerprint density at radius 2 is 2.17 bits per heavy atom. The molecule has 0 heterocycles. The minimum absolute atomic E-state index is 0.805. The summed E-state index contributed by atoms with van der Waals surface area (Å²) in [5.41, 5.74) is 3.48. The van der Waals surface area contributed by atoms with Crippen LogP contribution in [0.15, 0.2) is 23.4 Å². The van der Waals surface area contributed by atoms with Crippen LogP contribution in [0.25, 0.3) is 0 Å². The second kappa shape index (κ2) is 4.08. The van der Waals surface area contributed by atoms with Crippen molar-refractivity contribution < 1.29 is 1.37 Å². The highest BCUT2D eigenvalue weighted by Gasteiger charge is 2.07. The number of hydrogen-bond acceptors (Lipinski definition) is 0. The van der Waals surface area contributed by atoms with Gasteiger partial charge in [0.2, 0.25) is 0 Å². The van der Waals surface area contributed by atoms with Gasteiger partial charge in [-0.05, 0) is 25.7 Å². The lowest BCUT2D eigenvalue weighted by Gasteiger charge is -2.12. The summed E-state index contributed by atoms with van der Waals surface area (Å²) in [6, 6.07) is 0.805. The molecule has 0 aliphatic heterocycles. The van der Waals surface area contributed by atoms with Crippen LogP contribution in [-0.4, -0.2) is 8.07 Å². The van der Waals surface area contributed by atoms with Gasteiger partial charge in [-0.1, -0.05) is 43.0 Å². The van der Waals surface area contributed by atoms with E-state index in [1.54, 1.807) is 0 Å². The molecular weight excluding hydrogens is 160 g/mol. The highest BCUT2D eigenvalue weighted by Crippen LogP contribution is 2.19. The molecule has 0 aromatic carbocycles. The van der Waals surface area contributed by atoms with Crippen molar-refractivity contribution in [2.24, 2.45) is 0 Å². The molecule has 0 saturated heterocycles. The molecule has 1 rings (SSSR count). The van der Waals surface area contributed by atoms with E-state index in [1.807, 2.05) is 0 Å². The van der Waals surface area contributed by atoms with Crippen LogP contribution >= 0.6 is 0 Å². The van der Waals surface area contributed by atoms with E-state index in [-0.39, 0.29) is 0 Å². The summed E-state index contributed by atoms with van der Waals surface area (Å²) < 4.78 is 7.95. The predicted molar refractivity (Wildman–Crippen MR) is 59.0 cm³/mol. The van der Waals surface area contributed by atoms with Gasteiger partial charge in [-0.2, -0.15) is 0 Å². The highest BCUT2D eigenvalue weighted by atomic mass is 28.3. The van der Waals surface area contributed by atoms with Crippen molar-refractivity contribution in [3.8, 4) is 0 Å². The molecule has 1 aliphatic rings. The van der Waals surface area contributed by atoms with Gasteiger partial charge in [-0.25, -0.2) is 0 Å². The van der Waals surface area contributed by atoms with Crippen molar-refractivity contribution in [1.82, 2.24) is 0 Å². The zero-order chi connectivity index (χ0) is 9.90. The summed E-state index contributed by atoms with van der Waals surface area (Å²) in [6.07, 6.45) is 7.14. The van der Waals surface area contributed by atoms with E-state index in [0.717, 1.165) is 12.5 Å². The molecule has 0 radical (unpaired) electrons. The van der Waals surface area contributed by atoms with Crippen LogP contribution in [0.1, 0.15) is 27.1 Å². The first-order valence-corrected chi connectivity index (χ1v) is 8.46. The molecule has 0 nitrogen and oxygen atoms in total. The maximum atomic E-state index is 7.95. The molecule has 0 bridgehead atoms. The summed E-state index contributed by atoms with van der Waals surface area (Å²) >= 11 is 0. The topological polar surface area (TPSA) is 0 Å². The van der Waals surface area contributed by atoms with Crippen LogP contribution in [-0.2, 0) is 0 Å². The lowest BCUT2D eigenvalue weighted by Crippen LogP contribution is -2.15. The summed E-state index contributed by atoms with van der Waals surface area (Å²) in [5, 5.41) is 0. The Morgan fingerprint density at radius 1 is 1.42 bits per heavy atom. The van der Waals surface area contributed by atoms with Crippen molar-refractivity contribution in [2.75, 3.05) is 0 Å². The highest BCUT2D eigenvalue weighted by molar-refractivity contribution is 6.81. The number of hydrogen-bond donors (Lipinski definition) is 0. The van der Waals surface area contributed by atoms with Gasteiger partial charge in [-0.3, -0.25) is 0 Å².